The Hall–Kier alpha value is -1.59. The molecule has 92 valence electrons. The molecule has 1 heterocycles. The number of carbonyl (C=O) groups is 3. The molecule has 0 atom stereocenters. The van der Waals surface area contributed by atoms with Crippen LogP contribution >= 0.6 is 23.4 Å². The zero-order chi connectivity index (χ0) is 13.3. The molecule has 0 spiro atoms. The van der Waals surface area contributed by atoms with Crippen molar-refractivity contribution >= 4 is 46.5 Å². The maximum atomic E-state index is 11.8. The fraction of sp³-hybridized carbons (Fsp3) is 0.0833. The van der Waals surface area contributed by atoms with Crippen LogP contribution < -0.4 is 0 Å². The molecule has 1 saturated heterocycles. The third-order valence-electron chi connectivity index (χ3n) is 2.28. The van der Waals surface area contributed by atoms with Crippen LogP contribution in [-0.4, -0.2) is 22.0 Å². The molecule has 6 heteroatoms. The Balaban J connectivity index is 2.30. The molecule has 4 nitrogen and oxygen atoms in total. The van der Waals surface area contributed by atoms with Crippen molar-refractivity contribution in [3.63, 3.8) is 0 Å². The van der Waals surface area contributed by atoms with Crippen LogP contribution in [0.4, 0.5) is 4.79 Å². The minimum absolute atomic E-state index is 0.234. The number of halogens is 1. The van der Waals surface area contributed by atoms with Gasteiger partial charge in [-0.05, 0) is 35.5 Å². The SMILES string of the molecule is CC(=O)N1C(=O)SC(=Cc2ccc(Cl)cc2)C1=O. The van der Waals surface area contributed by atoms with Gasteiger partial charge in [-0.3, -0.25) is 14.4 Å². The molecule has 0 aliphatic carbocycles. The molecule has 2 rings (SSSR count). The first-order valence-corrected chi connectivity index (χ1v) is 6.22. The van der Waals surface area contributed by atoms with Crippen molar-refractivity contribution in [1.82, 2.24) is 4.90 Å². The highest BCUT2D eigenvalue weighted by Gasteiger charge is 2.37. The highest BCUT2D eigenvalue weighted by Crippen LogP contribution is 2.32. The van der Waals surface area contributed by atoms with Crippen LogP contribution in [0.5, 0.6) is 0 Å². The van der Waals surface area contributed by atoms with Gasteiger partial charge in [0.25, 0.3) is 11.1 Å². The summed E-state index contributed by atoms with van der Waals surface area (Å²) in [5.41, 5.74) is 0.744. The zero-order valence-electron chi connectivity index (χ0n) is 9.34. The quantitative estimate of drug-likeness (QED) is 0.743. The monoisotopic (exact) mass is 281 g/mol. The van der Waals surface area contributed by atoms with Crippen LogP contribution in [0, 0.1) is 0 Å². The fourth-order valence-corrected chi connectivity index (χ4v) is 2.44. The van der Waals surface area contributed by atoms with E-state index in [1.807, 2.05) is 0 Å². The number of hydrogen-bond donors (Lipinski definition) is 0. The van der Waals surface area contributed by atoms with Gasteiger partial charge in [0.05, 0.1) is 4.91 Å². The second-order valence-corrected chi connectivity index (χ2v) is 5.02. The van der Waals surface area contributed by atoms with Gasteiger partial charge in [0.15, 0.2) is 0 Å². The van der Waals surface area contributed by atoms with Gasteiger partial charge < -0.3 is 0 Å². The lowest BCUT2D eigenvalue weighted by atomic mass is 10.2. The lowest BCUT2D eigenvalue weighted by Gasteiger charge is -2.05. The molecule has 0 N–H and O–H groups in total. The predicted octanol–water partition coefficient (Wildman–Crippen LogP) is 2.92. The Morgan fingerprint density at radius 2 is 1.89 bits per heavy atom. The second-order valence-electron chi connectivity index (χ2n) is 3.59. The van der Waals surface area contributed by atoms with Crippen LogP contribution in [0.2, 0.25) is 5.02 Å². The first-order valence-electron chi connectivity index (χ1n) is 5.03. The van der Waals surface area contributed by atoms with Crippen LogP contribution in [0.3, 0.4) is 0 Å². The van der Waals surface area contributed by atoms with Gasteiger partial charge in [-0.2, -0.15) is 0 Å². The van der Waals surface area contributed by atoms with Crippen molar-refractivity contribution in [2.24, 2.45) is 0 Å². The standard InChI is InChI=1S/C12H8ClNO3S/c1-7(15)14-11(16)10(18-12(14)17)6-8-2-4-9(13)5-3-8/h2-6H,1H3. The third kappa shape index (κ3) is 2.47. The summed E-state index contributed by atoms with van der Waals surface area (Å²) in [5, 5.41) is 0.0247. The van der Waals surface area contributed by atoms with E-state index in [1.165, 1.54) is 6.92 Å². The number of amides is 3. The van der Waals surface area contributed by atoms with E-state index < -0.39 is 17.1 Å². The number of nitrogens with zero attached hydrogens (tertiary/aromatic N) is 1. The third-order valence-corrected chi connectivity index (χ3v) is 3.40. The molecular weight excluding hydrogens is 274 g/mol. The summed E-state index contributed by atoms with van der Waals surface area (Å²) >= 11 is 6.50. The summed E-state index contributed by atoms with van der Waals surface area (Å²) in [5.74, 6) is -1.15. The summed E-state index contributed by atoms with van der Waals surface area (Å²) in [7, 11) is 0. The molecule has 0 bridgehead atoms. The minimum Gasteiger partial charge on any atom is -0.274 e. The fourth-order valence-electron chi connectivity index (χ4n) is 1.45. The molecule has 3 amide bonds. The molecule has 1 fully saturated rings. The van der Waals surface area contributed by atoms with Crippen LogP contribution in [0.1, 0.15) is 12.5 Å². The Bertz CT molecular complexity index is 565. The number of thioether (sulfide) groups is 1. The van der Waals surface area contributed by atoms with Crippen molar-refractivity contribution in [1.29, 1.82) is 0 Å². The van der Waals surface area contributed by atoms with Crippen molar-refractivity contribution in [2.45, 2.75) is 6.92 Å². The largest absolute Gasteiger partial charge is 0.300 e. The van der Waals surface area contributed by atoms with E-state index in [9.17, 15) is 14.4 Å². The van der Waals surface area contributed by atoms with Crippen molar-refractivity contribution in [3.8, 4) is 0 Å². The summed E-state index contributed by atoms with van der Waals surface area (Å²) in [6.07, 6.45) is 1.56. The van der Waals surface area contributed by atoms with Crippen LogP contribution in [0.25, 0.3) is 6.08 Å². The van der Waals surface area contributed by atoms with E-state index in [-0.39, 0.29) is 4.91 Å². The number of hydrogen-bond acceptors (Lipinski definition) is 4. The topological polar surface area (TPSA) is 54.5 Å². The van der Waals surface area contributed by atoms with Gasteiger partial charge >= 0.3 is 0 Å². The molecule has 1 aromatic rings. The highest BCUT2D eigenvalue weighted by atomic mass is 35.5. The average molecular weight is 282 g/mol. The first-order chi connectivity index (χ1) is 8.49. The van der Waals surface area contributed by atoms with Gasteiger partial charge in [-0.1, -0.05) is 23.7 Å². The van der Waals surface area contributed by atoms with E-state index in [2.05, 4.69) is 0 Å². The number of imide groups is 3. The van der Waals surface area contributed by atoms with E-state index in [1.54, 1.807) is 30.3 Å². The average Bonchev–Trinajstić information content (AvgIpc) is 2.57. The smallest absolute Gasteiger partial charge is 0.274 e. The van der Waals surface area contributed by atoms with Gasteiger partial charge in [-0.25, -0.2) is 4.90 Å². The molecule has 18 heavy (non-hydrogen) atoms. The van der Waals surface area contributed by atoms with Gasteiger partial charge in [0, 0.05) is 11.9 Å². The van der Waals surface area contributed by atoms with Crippen LogP contribution in [-0.2, 0) is 9.59 Å². The predicted molar refractivity (Wildman–Crippen MR) is 69.9 cm³/mol. The Labute approximate surface area is 113 Å². The summed E-state index contributed by atoms with van der Waals surface area (Å²) < 4.78 is 0. The maximum Gasteiger partial charge on any atom is 0.300 e. The lowest BCUT2D eigenvalue weighted by Crippen LogP contribution is -2.32. The van der Waals surface area contributed by atoms with Gasteiger partial charge in [0.1, 0.15) is 0 Å². The van der Waals surface area contributed by atoms with Crippen molar-refractivity contribution in [2.75, 3.05) is 0 Å². The van der Waals surface area contributed by atoms with Gasteiger partial charge in [-0.15, -0.1) is 0 Å². The summed E-state index contributed by atoms with van der Waals surface area (Å²) in [4.78, 5) is 35.3. The van der Waals surface area contributed by atoms with Crippen molar-refractivity contribution < 1.29 is 14.4 Å². The zero-order valence-corrected chi connectivity index (χ0v) is 10.9. The van der Waals surface area contributed by atoms with E-state index >= 15 is 0 Å². The molecule has 1 aliphatic rings. The Morgan fingerprint density at radius 3 is 2.39 bits per heavy atom. The minimum atomic E-state index is -0.576. The van der Waals surface area contributed by atoms with Crippen molar-refractivity contribution in [3.05, 3.63) is 39.8 Å². The second kappa shape index (κ2) is 4.96. The lowest BCUT2D eigenvalue weighted by molar-refractivity contribution is -0.135. The number of rotatable bonds is 1. The molecular formula is C12H8ClNO3S. The number of benzene rings is 1. The van der Waals surface area contributed by atoms with Crippen LogP contribution in [0.15, 0.2) is 29.2 Å². The summed E-state index contributed by atoms with van der Waals surface area (Å²) in [6.45, 7) is 1.18. The Morgan fingerprint density at radius 1 is 1.28 bits per heavy atom. The number of carbonyl (C=O) groups excluding carboxylic acids is 3. The molecule has 1 aliphatic heterocycles. The maximum absolute atomic E-state index is 11.8. The van der Waals surface area contributed by atoms with Gasteiger partial charge in [0.2, 0.25) is 5.91 Å². The molecule has 0 radical (unpaired) electrons. The summed E-state index contributed by atoms with van der Waals surface area (Å²) in [6, 6.07) is 6.82. The van der Waals surface area contributed by atoms with E-state index in [0.29, 0.717) is 9.92 Å². The highest BCUT2D eigenvalue weighted by molar-refractivity contribution is 8.18. The Kier molecular flexibility index (Phi) is 3.54. The van der Waals surface area contributed by atoms with E-state index in [4.69, 9.17) is 11.6 Å². The van der Waals surface area contributed by atoms with E-state index in [0.717, 1.165) is 17.3 Å². The molecule has 1 aromatic carbocycles. The molecule has 0 saturated carbocycles. The normalized spacial score (nSPS) is 17.7. The molecule has 0 unspecified atom stereocenters. The first kappa shape index (κ1) is 12.9. The molecule has 0 aromatic heterocycles.